The van der Waals surface area contributed by atoms with Gasteiger partial charge in [-0.1, -0.05) is 26.8 Å². The van der Waals surface area contributed by atoms with Crippen molar-refractivity contribution >= 4 is 17.8 Å². The Morgan fingerprint density at radius 1 is 1.17 bits per heavy atom. The first-order valence-electron chi connectivity index (χ1n) is 12.8. The SMILES string of the molecule is COC(=O)C(CC(C)C(F)(F)F)NC(=O)C1CC[C@H]2[C@@H]3CCC4NC(=O)C=C[C@]4(C)[C@@H]3CC[C@]12C. The number of alkyl halides is 3. The lowest BCUT2D eigenvalue weighted by atomic mass is 9.48. The maximum absolute atomic E-state index is 13.4. The molecule has 3 fully saturated rings. The van der Waals surface area contributed by atoms with Gasteiger partial charge in [-0.05, 0) is 74.2 Å². The van der Waals surface area contributed by atoms with E-state index in [1.165, 1.54) is 0 Å². The summed E-state index contributed by atoms with van der Waals surface area (Å²) in [6, 6.07) is -1.20. The predicted molar refractivity (Wildman–Crippen MR) is 123 cm³/mol. The summed E-state index contributed by atoms with van der Waals surface area (Å²) in [6.07, 6.45) is 3.92. The minimum Gasteiger partial charge on any atom is -0.467 e. The van der Waals surface area contributed by atoms with Crippen LogP contribution >= 0.6 is 0 Å². The van der Waals surface area contributed by atoms with Crippen LogP contribution in [0, 0.1) is 40.4 Å². The van der Waals surface area contributed by atoms with E-state index in [1.807, 2.05) is 0 Å². The maximum Gasteiger partial charge on any atom is 0.391 e. The summed E-state index contributed by atoms with van der Waals surface area (Å²) in [5.74, 6) is -2.17. The van der Waals surface area contributed by atoms with Gasteiger partial charge in [0.05, 0.1) is 13.0 Å². The van der Waals surface area contributed by atoms with Gasteiger partial charge < -0.3 is 15.4 Å². The van der Waals surface area contributed by atoms with Gasteiger partial charge in [0.1, 0.15) is 6.04 Å². The van der Waals surface area contributed by atoms with Crippen LogP contribution in [0.15, 0.2) is 12.2 Å². The normalized spacial score (nSPS) is 40.0. The van der Waals surface area contributed by atoms with Crippen molar-refractivity contribution in [3.8, 4) is 0 Å². The van der Waals surface area contributed by atoms with Crippen molar-refractivity contribution in [3.63, 3.8) is 0 Å². The number of rotatable bonds is 5. The predicted octanol–water partition coefficient (Wildman–Crippen LogP) is 4.15. The van der Waals surface area contributed by atoms with Crippen LogP contribution in [0.3, 0.4) is 0 Å². The maximum atomic E-state index is 13.4. The van der Waals surface area contributed by atoms with Crippen LogP contribution in [0.5, 0.6) is 0 Å². The fourth-order valence-electron chi connectivity index (χ4n) is 7.88. The second kappa shape index (κ2) is 9.11. The van der Waals surface area contributed by atoms with E-state index in [-0.39, 0.29) is 34.6 Å². The molecule has 1 aliphatic heterocycles. The molecule has 0 saturated heterocycles. The largest absolute Gasteiger partial charge is 0.467 e. The molecule has 3 saturated carbocycles. The minimum atomic E-state index is -4.46. The third-order valence-electron chi connectivity index (χ3n) is 9.95. The second-order valence-corrected chi connectivity index (χ2v) is 11.7. The molecule has 9 heteroatoms. The van der Waals surface area contributed by atoms with Crippen LogP contribution in [0.25, 0.3) is 0 Å². The van der Waals surface area contributed by atoms with Gasteiger partial charge >= 0.3 is 12.1 Å². The lowest BCUT2D eigenvalue weighted by Gasteiger charge is -2.58. The molecule has 35 heavy (non-hydrogen) atoms. The summed E-state index contributed by atoms with van der Waals surface area (Å²) >= 11 is 0. The molecule has 0 radical (unpaired) electrons. The van der Waals surface area contributed by atoms with Gasteiger partial charge in [-0.15, -0.1) is 0 Å². The number of carbonyl (C=O) groups is 3. The number of esters is 1. The second-order valence-electron chi connectivity index (χ2n) is 11.7. The number of methoxy groups -OCH3 is 1. The molecule has 0 aromatic heterocycles. The number of ether oxygens (including phenoxy) is 1. The molecule has 3 aliphatic carbocycles. The zero-order chi connectivity index (χ0) is 25.8. The highest BCUT2D eigenvalue weighted by molar-refractivity contribution is 5.89. The number of fused-ring (bicyclic) bond motifs is 5. The molecule has 0 bridgehead atoms. The van der Waals surface area contributed by atoms with Crippen molar-refractivity contribution in [1.29, 1.82) is 0 Å². The standard InChI is InChI=1S/C26H37F3N2O4/c1-14(26(27,28)29)13-19(23(34)35-4)30-22(33)18-7-6-16-15-5-8-20-25(3,12-10-21(32)31-20)17(15)9-11-24(16,18)2/h10,12,14-20H,5-9,11,13H2,1-4H3,(H,30,33)(H,31,32)/t14?,15-,16-,17+,18?,19?,20?,24-,25+/m0/s1. The van der Waals surface area contributed by atoms with Gasteiger partial charge in [-0.2, -0.15) is 13.2 Å². The molecule has 0 spiro atoms. The highest BCUT2D eigenvalue weighted by atomic mass is 19.4. The molecule has 2 amide bonds. The molecule has 0 aromatic carbocycles. The van der Waals surface area contributed by atoms with E-state index in [0.29, 0.717) is 24.2 Å². The Bertz CT molecular complexity index is 906. The van der Waals surface area contributed by atoms with E-state index in [0.717, 1.165) is 46.1 Å². The van der Waals surface area contributed by atoms with Gasteiger partial charge in [0.15, 0.2) is 0 Å². The van der Waals surface area contributed by atoms with E-state index < -0.39 is 30.5 Å². The number of hydrogen-bond donors (Lipinski definition) is 2. The first-order chi connectivity index (χ1) is 16.3. The molecule has 0 aromatic rings. The zero-order valence-electron chi connectivity index (χ0n) is 20.9. The van der Waals surface area contributed by atoms with E-state index in [1.54, 1.807) is 6.08 Å². The number of carbonyl (C=O) groups excluding carboxylic acids is 3. The molecule has 4 unspecified atom stereocenters. The molecule has 6 nitrogen and oxygen atoms in total. The van der Waals surface area contributed by atoms with Gasteiger partial charge in [-0.3, -0.25) is 9.59 Å². The monoisotopic (exact) mass is 498 g/mol. The van der Waals surface area contributed by atoms with Gasteiger partial charge in [0.2, 0.25) is 11.8 Å². The highest BCUT2D eigenvalue weighted by Gasteiger charge is 2.61. The van der Waals surface area contributed by atoms with Crippen molar-refractivity contribution in [2.75, 3.05) is 7.11 Å². The van der Waals surface area contributed by atoms with Crippen molar-refractivity contribution in [2.45, 2.75) is 84.0 Å². The summed E-state index contributed by atoms with van der Waals surface area (Å²) in [6.45, 7) is 5.38. The summed E-state index contributed by atoms with van der Waals surface area (Å²) in [7, 11) is 1.12. The van der Waals surface area contributed by atoms with Crippen molar-refractivity contribution in [1.82, 2.24) is 10.6 Å². The Kier molecular flexibility index (Phi) is 6.77. The number of nitrogens with one attached hydrogen (secondary N) is 2. The summed E-state index contributed by atoms with van der Waals surface area (Å²) in [5.41, 5.74) is -0.380. The number of amides is 2. The molecule has 9 atom stereocenters. The average molecular weight is 499 g/mol. The van der Waals surface area contributed by atoms with E-state index in [9.17, 15) is 27.6 Å². The van der Waals surface area contributed by atoms with Crippen LogP contribution in [0.1, 0.15) is 65.7 Å². The lowest BCUT2D eigenvalue weighted by molar-refractivity contribution is -0.175. The fraction of sp³-hybridized carbons (Fsp3) is 0.808. The van der Waals surface area contributed by atoms with Gasteiger partial charge in [0, 0.05) is 17.4 Å². The van der Waals surface area contributed by atoms with Crippen molar-refractivity contribution < 1.29 is 32.3 Å². The fourth-order valence-corrected chi connectivity index (χ4v) is 7.88. The van der Waals surface area contributed by atoms with Gasteiger partial charge in [0.25, 0.3) is 0 Å². The Morgan fingerprint density at radius 2 is 1.89 bits per heavy atom. The van der Waals surface area contributed by atoms with Crippen LogP contribution < -0.4 is 10.6 Å². The third-order valence-corrected chi connectivity index (χ3v) is 9.95. The van der Waals surface area contributed by atoms with E-state index >= 15 is 0 Å². The molecule has 2 N–H and O–H groups in total. The minimum absolute atomic E-state index is 0.0378. The molecule has 4 rings (SSSR count). The summed E-state index contributed by atoms with van der Waals surface area (Å²) < 4.78 is 44.1. The Labute approximate surface area is 204 Å². The summed E-state index contributed by atoms with van der Waals surface area (Å²) in [4.78, 5) is 37.5. The Hall–Kier alpha value is -2.06. The van der Waals surface area contributed by atoms with Crippen LogP contribution in [0.2, 0.25) is 0 Å². The zero-order valence-corrected chi connectivity index (χ0v) is 20.9. The average Bonchev–Trinajstić information content (AvgIpc) is 3.15. The quantitative estimate of drug-likeness (QED) is 0.558. The topological polar surface area (TPSA) is 84.5 Å². The van der Waals surface area contributed by atoms with Crippen LogP contribution in [-0.2, 0) is 19.1 Å². The Morgan fingerprint density at radius 3 is 2.54 bits per heavy atom. The van der Waals surface area contributed by atoms with Crippen LogP contribution in [0.4, 0.5) is 13.2 Å². The van der Waals surface area contributed by atoms with E-state index in [4.69, 9.17) is 4.74 Å². The van der Waals surface area contributed by atoms with Crippen molar-refractivity contribution in [3.05, 3.63) is 12.2 Å². The molecule has 196 valence electrons. The number of halogens is 3. The van der Waals surface area contributed by atoms with Crippen molar-refractivity contribution in [2.24, 2.45) is 40.4 Å². The molecule has 4 aliphatic rings. The first-order valence-corrected chi connectivity index (χ1v) is 12.8. The first kappa shape index (κ1) is 26.0. The molecular formula is C26H37F3N2O4. The lowest BCUT2D eigenvalue weighted by Crippen LogP contribution is -2.59. The third kappa shape index (κ3) is 4.48. The van der Waals surface area contributed by atoms with E-state index in [2.05, 4.69) is 30.6 Å². The summed E-state index contributed by atoms with van der Waals surface area (Å²) in [5, 5.41) is 5.77. The molecule has 1 heterocycles. The highest BCUT2D eigenvalue weighted by Crippen LogP contribution is 2.65. The van der Waals surface area contributed by atoms with Gasteiger partial charge in [-0.25, -0.2) is 4.79 Å². The Balaban J connectivity index is 1.50. The number of hydrogen-bond acceptors (Lipinski definition) is 4. The molecular weight excluding hydrogens is 461 g/mol. The smallest absolute Gasteiger partial charge is 0.391 e. The van der Waals surface area contributed by atoms with Crippen LogP contribution in [-0.4, -0.2) is 43.2 Å².